The van der Waals surface area contributed by atoms with Crippen LogP contribution in [0.15, 0.2) is 24.5 Å². The number of carbonyl (C=O) groups is 1. The maximum absolute atomic E-state index is 11.9. The maximum atomic E-state index is 11.9. The number of anilines is 1. The summed E-state index contributed by atoms with van der Waals surface area (Å²) in [6.07, 6.45) is 2.87. The third-order valence-corrected chi connectivity index (χ3v) is 3.72. The zero-order valence-corrected chi connectivity index (χ0v) is 11.1. The molecule has 0 unspecified atom stereocenters. The second-order valence-electron chi connectivity index (χ2n) is 3.63. The molecule has 0 bridgehead atoms. The molecule has 1 amide bonds. The minimum Gasteiger partial charge on any atom is -0.382 e. The molecule has 1 atom stereocenters. The summed E-state index contributed by atoms with van der Waals surface area (Å²) < 4.78 is 0.685. The monoisotopic (exact) mass is 282 g/mol. The number of hydrogen-bond acceptors (Lipinski definition) is 5. The molecular weight excluding hydrogens is 272 g/mol. The van der Waals surface area contributed by atoms with Gasteiger partial charge in [-0.3, -0.25) is 4.79 Å². The van der Waals surface area contributed by atoms with E-state index in [0.717, 1.165) is 4.88 Å². The van der Waals surface area contributed by atoms with Gasteiger partial charge in [-0.2, -0.15) is 0 Å². The van der Waals surface area contributed by atoms with Crippen LogP contribution in [0.4, 0.5) is 5.82 Å². The van der Waals surface area contributed by atoms with Crippen LogP contribution in [0, 0.1) is 0 Å². The van der Waals surface area contributed by atoms with Crippen molar-refractivity contribution in [3.05, 3.63) is 39.4 Å². The van der Waals surface area contributed by atoms with Gasteiger partial charge in [0.15, 0.2) is 11.5 Å². The average molecular weight is 283 g/mol. The first kappa shape index (κ1) is 12.8. The van der Waals surface area contributed by atoms with E-state index in [0.29, 0.717) is 4.34 Å². The summed E-state index contributed by atoms with van der Waals surface area (Å²) in [7, 11) is 0. The standard InChI is InChI=1S/C11H11ClN4OS/c1-6(7-2-3-8(12)18-7)16-11(17)9-10(13)15-5-4-14-9/h2-6H,1H3,(H2,13,15)(H,16,17)/t6-/m0/s1. The number of thiophene rings is 1. The highest BCUT2D eigenvalue weighted by Gasteiger charge is 2.16. The topological polar surface area (TPSA) is 80.9 Å². The van der Waals surface area contributed by atoms with E-state index in [1.54, 1.807) is 6.07 Å². The highest BCUT2D eigenvalue weighted by atomic mass is 35.5. The first-order chi connectivity index (χ1) is 8.58. The first-order valence-corrected chi connectivity index (χ1v) is 6.40. The molecule has 0 fully saturated rings. The molecule has 0 radical (unpaired) electrons. The molecular formula is C11H11ClN4OS. The second-order valence-corrected chi connectivity index (χ2v) is 5.37. The van der Waals surface area contributed by atoms with Crippen LogP contribution in [0.25, 0.3) is 0 Å². The molecule has 0 aromatic carbocycles. The number of aromatic nitrogens is 2. The van der Waals surface area contributed by atoms with Crippen LogP contribution >= 0.6 is 22.9 Å². The summed E-state index contributed by atoms with van der Waals surface area (Å²) in [6, 6.07) is 3.51. The molecule has 0 spiro atoms. The third kappa shape index (κ3) is 2.77. The zero-order valence-electron chi connectivity index (χ0n) is 9.55. The Morgan fingerprint density at radius 1 is 1.44 bits per heavy atom. The number of rotatable bonds is 3. The van der Waals surface area contributed by atoms with Gasteiger partial charge in [0.1, 0.15) is 0 Å². The zero-order chi connectivity index (χ0) is 13.1. The van der Waals surface area contributed by atoms with Gasteiger partial charge >= 0.3 is 0 Å². The van der Waals surface area contributed by atoms with Crippen LogP contribution in [0.5, 0.6) is 0 Å². The van der Waals surface area contributed by atoms with E-state index in [2.05, 4.69) is 15.3 Å². The largest absolute Gasteiger partial charge is 0.382 e. The number of carbonyl (C=O) groups excluding carboxylic acids is 1. The van der Waals surface area contributed by atoms with Crippen molar-refractivity contribution in [2.75, 3.05) is 5.73 Å². The van der Waals surface area contributed by atoms with Gasteiger partial charge in [0.25, 0.3) is 5.91 Å². The molecule has 2 rings (SSSR count). The number of nitrogens with two attached hydrogens (primary N) is 1. The molecule has 3 N–H and O–H groups in total. The Morgan fingerprint density at radius 3 is 2.78 bits per heavy atom. The Kier molecular flexibility index (Phi) is 3.78. The SMILES string of the molecule is C[C@H](NC(=O)c1nccnc1N)c1ccc(Cl)s1. The van der Waals surface area contributed by atoms with Crippen LogP contribution in [0.1, 0.15) is 28.3 Å². The lowest BCUT2D eigenvalue weighted by atomic mass is 10.2. The predicted octanol–water partition coefficient (Wildman–Crippen LogP) is 2.26. The molecule has 0 aliphatic carbocycles. The Labute approximate surface area is 113 Å². The molecule has 2 aromatic heterocycles. The van der Waals surface area contributed by atoms with Crippen molar-refractivity contribution < 1.29 is 4.79 Å². The molecule has 7 heteroatoms. The molecule has 94 valence electrons. The van der Waals surface area contributed by atoms with Crippen LogP contribution in [-0.2, 0) is 0 Å². The lowest BCUT2D eigenvalue weighted by molar-refractivity contribution is 0.0936. The summed E-state index contributed by atoms with van der Waals surface area (Å²) in [5.41, 5.74) is 5.72. The van der Waals surface area contributed by atoms with Gasteiger partial charge in [-0.25, -0.2) is 9.97 Å². The maximum Gasteiger partial charge on any atom is 0.274 e. The molecule has 0 saturated carbocycles. The molecule has 0 aliphatic heterocycles. The fourth-order valence-corrected chi connectivity index (χ4v) is 2.48. The van der Waals surface area contributed by atoms with Gasteiger partial charge in [-0.1, -0.05) is 11.6 Å². The van der Waals surface area contributed by atoms with Gasteiger partial charge in [0.2, 0.25) is 0 Å². The van der Waals surface area contributed by atoms with Crippen molar-refractivity contribution in [1.82, 2.24) is 15.3 Å². The Bertz CT molecular complexity index is 572. The lowest BCUT2D eigenvalue weighted by Gasteiger charge is -2.12. The van der Waals surface area contributed by atoms with Crippen LogP contribution < -0.4 is 11.1 Å². The van der Waals surface area contributed by atoms with Gasteiger partial charge < -0.3 is 11.1 Å². The van der Waals surface area contributed by atoms with E-state index in [1.165, 1.54) is 23.7 Å². The van der Waals surface area contributed by atoms with Crippen molar-refractivity contribution in [3.63, 3.8) is 0 Å². The van der Waals surface area contributed by atoms with E-state index in [4.69, 9.17) is 17.3 Å². The first-order valence-electron chi connectivity index (χ1n) is 5.20. The predicted molar refractivity (Wildman–Crippen MR) is 71.7 cm³/mol. The quantitative estimate of drug-likeness (QED) is 0.905. The van der Waals surface area contributed by atoms with Crippen LogP contribution in [0.3, 0.4) is 0 Å². The molecule has 0 saturated heterocycles. The molecule has 2 aromatic rings. The number of nitrogens with one attached hydrogen (secondary N) is 1. The number of nitrogens with zero attached hydrogens (tertiary/aromatic N) is 2. The minimum atomic E-state index is -0.349. The van der Waals surface area contributed by atoms with Crippen LogP contribution in [0.2, 0.25) is 4.34 Å². The average Bonchev–Trinajstić information content (AvgIpc) is 2.76. The van der Waals surface area contributed by atoms with Crippen molar-refractivity contribution in [1.29, 1.82) is 0 Å². The van der Waals surface area contributed by atoms with Crippen molar-refractivity contribution in [3.8, 4) is 0 Å². The summed E-state index contributed by atoms with van der Waals surface area (Å²) in [6.45, 7) is 1.87. The number of halogens is 1. The second kappa shape index (κ2) is 5.32. The molecule has 0 aliphatic rings. The third-order valence-electron chi connectivity index (χ3n) is 2.31. The van der Waals surface area contributed by atoms with E-state index in [-0.39, 0.29) is 23.5 Å². The van der Waals surface area contributed by atoms with E-state index < -0.39 is 0 Å². The van der Waals surface area contributed by atoms with Crippen LogP contribution in [-0.4, -0.2) is 15.9 Å². The summed E-state index contributed by atoms with van der Waals surface area (Å²) >= 11 is 7.27. The summed E-state index contributed by atoms with van der Waals surface area (Å²) in [5.74, 6) is -0.232. The van der Waals surface area contributed by atoms with E-state index in [9.17, 15) is 4.79 Å². The minimum absolute atomic E-state index is 0.117. The normalized spacial score (nSPS) is 12.1. The highest BCUT2D eigenvalue weighted by Crippen LogP contribution is 2.26. The number of nitrogen functional groups attached to an aromatic ring is 1. The number of amides is 1. The fraction of sp³-hybridized carbons (Fsp3) is 0.182. The molecule has 5 nitrogen and oxygen atoms in total. The van der Waals surface area contributed by atoms with E-state index >= 15 is 0 Å². The smallest absolute Gasteiger partial charge is 0.274 e. The lowest BCUT2D eigenvalue weighted by Crippen LogP contribution is -2.28. The van der Waals surface area contributed by atoms with Crippen molar-refractivity contribution in [2.45, 2.75) is 13.0 Å². The highest BCUT2D eigenvalue weighted by molar-refractivity contribution is 7.16. The Hall–Kier alpha value is -1.66. The van der Waals surface area contributed by atoms with Gasteiger partial charge in [0.05, 0.1) is 10.4 Å². The van der Waals surface area contributed by atoms with Crippen molar-refractivity contribution >= 4 is 34.7 Å². The summed E-state index contributed by atoms with van der Waals surface area (Å²) in [4.78, 5) is 20.6. The molecule has 2 heterocycles. The van der Waals surface area contributed by atoms with E-state index in [1.807, 2.05) is 13.0 Å². The number of hydrogen-bond donors (Lipinski definition) is 2. The van der Waals surface area contributed by atoms with Gasteiger partial charge in [-0.15, -0.1) is 11.3 Å². The summed E-state index contributed by atoms with van der Waals surface area (Å²) in [5, 5.41) is 2.80. The molecule has 18 heavy (non-hydrogen) atoms. The Balaban J connectivity index is 2.10. The fourth-order valence-electron chi connectivity index (χ4n) is 1.42. The Morgan fingerprint density at radius 2 is 2.17 bits per heavy atom. The van der Waals surface area contributed by atoms with Gasteiger partial charge in [-0.05, 0) is 19.1 Å². The van der Waals surface area contributed by atoms with Crippen molar-refractivity contribution in [2.24, 2.45) is 0 Å². The van der Waals surface area contributed by atoms with Gasteiger partial charge in [0, 0.05) is 17.3 Å².